The molecule has 3 heteroatoms. The quantitative estimate of drug-likeness (QED) is 0.757. The molecule has 0 aliphatic carbocycles. The Morgan fingerprint density at radius 3 is 2.50 bits per heavy atom. The molecule has 0 unspecified atom stereocenters. The van der Waals surface area contributed by atoms with E-state index < -0.39 is 0 Å². The van der Waals surface area contributed by atoms with Crippen molar-refractivity contribution in [3.05, 3.63) is 53.2 Å². The zero-order valence-electron chi connectivity index (χ0n) is 10.6. The molecular weight excluding hydrogens is 246 g/mol. The maximum atomic E-state index is 5.87. The van der Waals surface area contributed by atoms with Gasteiger partial charge in [-0.1, -0.05) is 24.6 Å². The first-order chi connectivity index (χ1) is 8.71. The molecule has 0 aliphatic heterocycles. The molecule has 94 valence electrons. The van der Waals surface area contributed by atoms with Crippen LogP contribution in [0.1, 0.15) is 23.7 Å². The summed E-state index contributed by atoms with van der Waals surface area (Å²) >= 11 is 5.87. The number of aryl methyl sites for hydroxylation is 2. The molecule has 2 rings (SSSR count). The SMILES string of the molecule is CCc1cc(CCl)cc(Oc2ccc(C)cc2)n1. The lowest BCUT2D eigenvalue weighted by molar-refractivity contribution is 0.460. The van der Waals surface area contributed by atoms with Crippen molar-refractivity contribution in [2.45, 2.75) is 26.1 Å². The second-order valence-electron chi connectivity index (χ2n) is 4.21. The highest BCUT2D eigenvalue weighted by molar-refractivity contribution is 6.17. The van der Waals surface area contributed by atoms with Gasteiger partial charge in [-0.05, 0) is 37.1 Å². The predicted octanol–water partition coefficient (Wildman–Crippen LogP) is 4.48. The second kappa shape index (κ2) is 5.87. The van der Waals surface area contributed by atoms with Crippen molar-refractivity contribution in [2.24, 2.45) is 0 Å². The molecule has 1 aromatic carbocycles. The first-order valence-corrected chi connectivity index (χ1v) is 6.55. The number of hydrogen-bond acceptors (Lipinski definition) is 2. The summed E-state index contributed by atoms with van der Waals surface area (Å²) in [6.45, 7) is 4.11. The van der Waals surface area contributed by atoms with E-state index in [1.807, 2.05) is 43.3 Å². The van der Waals surface area contributed by atoms with Gasteiger partial charge in [0.1, 0.15) is 5.75 Å². The number of nitrogens with zero attached hydrogens (tertiary/aromatic N) is 1. The minimum atomic E-state index is 0.472. The fraction of sp³-hybridized carbons (Fsp3) is 0.267. The van der Waals surface area contributed by atoms with Gasteiger partial charge in [-0.15, -0.1) is 11.6 Å². The lowest BCUT2D eigenvalue weighted by atomic mass is 10.2. The third-order valence-electron chi connectivity index (χ3n) is 2.67. The average Bonchev–Trinajstić information content (AvgIpc) is 2.41. The van der Waals surface area contributed by atoms with Crippen LogP contribution < -0.4 is 4.74 Å². The van der Waals surface area contributed by atoms with Gasteiger partial charge in [0.15, 0.2) is 0 Å². The van der Waals surface area contributed by atoms with E-state index in [2.05, 4.69) is 11.9 Å². The summed E-state index contributed by atoms with van der Waals surface area (Å²) in [5.41, 5.74) is 3.24. The van der Waals surface area contributed by atoms with Crippen molar-refractivity contribution in [2.75, 3.05) is 0 Å². The predicted molar refractivity (Wildman–Crippen MR) is 74.4 cm³/mol. The number of pyridine rings is 1. The van der Waals surface area contributed by atoms with Crippen LogP contribution in [0, 0.1) is 6.92 Å². The molecule has 1 heterocycles. The van der Waals surface area contributed by atoms with E-state index in [-0.39, 0.29) is 0 Å². The van der Waals surface area contributed by atoms with Crippen molar-refractivity contribution >= 4 is 11.6 Å². The van der Waals surface area contributed by atoms with Gasteiger partial charge in [0.05, 0.1) is 0 Å². The lowest BCUT2D eigenvalue weighted by Crippen LogP contribution is -1.95. The van der Waals surface area contributed by atoms with Crippen molar-refractivity contribution < 1.29 is 4.74 Å². The largest absolute Gasteiger partial charge is 0.439 e. The van der Waals surface area contributed by atoms with Gasteiger partial charge in [0.2, 0.25) is 5.88 Å². The summed E-state index contributed by atoms with van der Waals surface area (Å²) in [5.74, 6) is 1.87. The highest BCUT2D eigenvalue weighted by atomic mass is 35.5. The minimum Gasteiger partial charge on any atom is -0.439 e. The zero-order chi connectivity index (χ0) is 13.0. The highest BCUT2D eigenvalue weighted by Gasteiger charge is 2.03. The Morgan fingerprint density at radius 2 is 1.89 bits per heavy atom. The Morgan fingerprint density at radius 1 is 1.17 bits per heavy atom. The van der Waals surface area contributed by atoms with Gasteiger partial charge in [0, 0.05) is 17.6 Å². The standard InChI is InChI=1S/C15H16ClNO/c1-3-13-8-12(10-16)9-15(17-13)18-14-6-4-11(2)5-7-14/h4-9H,3,10H2,1-2H3. The fourth-order valence-electron chi connectivity index (χ4n) is 1.66. The van der Waals surface area contributed by atoms with E-state index in [0.29, 0.717) is 11.8 Å². The number of alkyl halides is 1. The van der Waals surface area contributed by atoms with E-state index in [1.165, 1.54) is 5.56 Å². The normalized spacial score (nSPS) is 10.4. The Bertz CT molecular complexity index is 500. The Hall–Kier alpha value is -1.54. The zero-order valence-corrected chi connectivity index (χ0v) is 11.4. The minimum absolute atomic E-state index is 0.472. The first kappa shape index (κ1) is 12.9. The highest BCUT2D eigenvalue weighted by Crippen LogP contribution is 2.22. The van der Waals surface area contributed by atoms with Crippen LogP contribution in [-0.2, 0) is 12.3 Å². The summed E-state index contributed by atoms with van der Waals surface area (Å²) in [7, 11) is 0. The number of ether oxygens (including phenoxy) is 1. The summed E-state index contributed by atoms with van der Waals surface area (Å²) in [5, 5.41) is 0. The molecule has 1 aromatic heterocycles. The van der Waals surface area contributed by atoms with Crippen LogP contribution in [-0.4, -0.2) is 4.98 Å². The first-order valence-electron chi connectivity index (χ1n) is 6.01. The van der Waals surface area contributed by atoms with Gasteiger partial charge in [-0.3, -0.25) is 0 Å². The monoisotopic (exact) mass is 261 g/mol. The Kier molecular flexibility index (Phi) is 4.21. The fourth-order valence-corrected chi connectivity index (χ4v) is 1.81. The summed E-state index contributed by atoms with van der Waals surface area (Å²) in [4.78, 5) is 4.44. The molecule has 0 N–H and O–H groups in total. The number of benzene rings is 1. The third kappa shape index (κ3) is 3.23. The Labute approximate surface area is 113 Å². The van der Waals surface area contributed by atoms with Crippen LogP contribution in [0.4, 0.5) is 0 Å². The molecule has 0 saturated carbocycles. The van der Waals surface area contributed by atoms with Crippen LogP contribution >= 0.6 is 11.6 Å². The molecule has 0 fully saturated rings. The van der Waals surface area contributed by atoms with Crippen molar-refractivity contribution in [3.63, 3.8) is 0 Å². The van der Waals surface area contributed by atoms with Crippen LogP contribution in [0.15, 0.2) is 36.4 Å². The topological polar surface area (TPSA) is 22.1 Å². The molecule has 0 atom stereocenters. The number of hydrogen-bond donors (Lipinski definition) is 0. The third-order valence-corrected chi connectivity index (χ3v) is 2.98. The number of aromatic nitrogens is 1. The molecule has 0 aliphatic rings. The maximum absolute atomic E-state index is 5.87. The molecule has 18 heavy (non-hydrogen) atoms. The van der Waals surface area contributed by atoms with Crippen LogP contribution in [0.25, 0.3) is 0 Å². The van der Waals surface area contributed by atoms with Crippen LogP contribution in [0.5, 0.6) is 11.6 Å². The van der Waals surface area contributed by atoms with Gasteiger partial charge in [-0.2, -0.15) is 0 Å². The molecule has 2 aromatic rings. The summed E-state index contributed by atoms with van der Waals surface area (Å²) in [6.07, 6.45) is 0.870. The summed E-state index contributed by atoms with van der Waals surface area (Å²) in [6, 6.07) is 11.8. The molecule has 0 amide bonds. The van der Waals surface area contributed by atoms with Crippen molar-refractivity contribution in [1.82, 2.24) is 4.98 Å². The van der Waals surface area contributed by atoms with E-state index >= 15 is 0 Å². The molecule has 2 nitrogen and oxygen atoms in total. The van der Waals surface area contributed by atoms with E-state index in [9.17, 15) is 0 Å². The van der Waals surface area contributed by atoms with E-state index in [1.54, 1.807) is 0 Å². The smallest absolute Gasteiger partial charge is 0.219 e. The molecule has 0 saturated heterocycles. The van der Waals surface area contributed by atoms with Crippen molar-refractivity contribution in [3.8, 4) is 11.6 Å². The average molecular weight is 262 g/mol. The van der Waals surface area contributed by atoms with E-state index in [4.69, 9.17) is 16.3 Å². The van der Waals surface area contributed by atoms with Crippen molar-refractivity contribution in [1.29, 1.82) is 0 Å². The van der Waals surface area contributed by atoms with Gasteiger partial charge in [-0.25, -0.2) is 4.98 Å². The molecule has 0 radical (unpaired) electrons. The second-order valence-corrected chi connectivity index (χ2v) is 4.47. The maximum Gasteiger partial charge on any atom is 0.219 e. The van der Waals surface area contributed by atoms with Gasteiger partial charge < -0.3 is 4.74 Å². The molecule has 0 bridgehead atoms. The lowest BCUT2D eigenvalue weighted by Gasteiger charge is -2.08. The van der Waals surface area contributed by atoms with Gasteiger partial charge in [0.25, 0.3) is 0 Å². The van der Waals surface area contributed by atoms with Gasteiger partial charge >= 0.3 is 0 Å². The molecule has 0 spiro atoms. The summed E-state index contributed by atoms with van der Waals surface area (Å²) < 4.78 is 5.75. The van der Waals surface area contributed by atoms with E-state index in [0.717, 1.165) is 23.4 Å². The van der Waals surface area contributed by atoms with Crippen LogP contribution in [0.2, 0.25) is 0 Å². The Balaban J connectivity index is 2.25. The number of halogens is 1. The molecular formula is C15H16ClNO. The number of rotatable bonds is 4. The van der Waals surface area contributed by atoms with Crippen LogP contribution in [0.3, 0.4) is 0 Å².